The molecule has 2 aliphatic heterocycles. The summed E-state index contributed by atoms with van der Waals surface area (Å²) in [6.45, 7) is 1.56. The monoisotopic (exact) mass is 319 g/mol. The number of rotatable bonds is 6. The first kappa shape index (κ1) is 15.8. The highest BCUT2D eigenvalue weighted by Gasteiger charge is 2.44. The molecule has 124 valence electrons. The summed E-state index contributed by atoms with van der Waals surface area (Å²) >= 11 is 0. The summed E-state index contributed by atoms with van der Waals surface area (Å²) in [5.41, 5.74) is 0.949. The van der Waals surface area contributed by atoms with E-state index in [1.165, 1.54) is 0 Å². The third kappa shape index (κ3) is 3.64. The molecule has 6 nitrogen and oxygen atoms in total. The largest absolute Gasteiger partial charge is 0.482 e. The first-order valence-corrected chi connectivity index (χ1v) is 7.93. The molecule has 0 unspecified atom stereocenters. The molecule has 2 aliphatic rings. The van der Waals surface area contributed by atoms with E-state index in [1.807, 2.05) is 19.1 Å². The quantitative estimate of drug-likeness (QED) is 0.836. The predicted octanol–water partition coefficient (Wildman–Crippen LogP) is 1.89. The third-order valence-corrected chi connectivity index (χ3v) is 4.54. The summed E-state index contributed by atoms with van der Waals surface area (Å²) in [6.07, 6.45) is 3.22. The zero-order valence-electron chi connectivity index (χ0n) is 13.0. The molecule has 1 amide bonds. The van der Waals surface area contributed by atoms with Crippen molar-refractivity contribution in [1.29, 1.82) is 0 Å². The molecule has 6 heteroatoms. The molecule has 2 N–H and O–H groups in total. The number of carbonyl (C=O) groups is 2. The molecule has 4 atom stereocenters. The maximum Gasteiger partial charge on any atom is 0.341 e. The Hall–Kier alpha value is -2.08. The summed E-state index contributed by atoms with van der Waals surface area (Å²) < 4.78 is 10.8. The first-order valence-electron chi connectivity index (χ1n) is 7.93. The molecule has 0 aromatic heterocycles. The van der Waals surface area contributed by atoms with Crippen LogP contribution in [0.4, 0.5) is 0 Å². The van der Waals surface area contributed by atoms with Crippen LogP contribution in [0.1, 0.15) is 37.8 Å². The third-order valence-electron chi connectivity index (χ3n) is 4.54. The van der Waals surface area contributed by atoms with Gasteiger partial charge in [-0.2, -0.15) is 0 Å². The minimum absolute atomic E-state index is 0.0330. The summed E-state index contributed by atoms with van der Waals surface area (Å²) in [5, 5.41) is 11.6. The Labute approximate surface area is 134 Å². The van der Waals surface area contributed by atoms with Gasteiger partial charge in [-0.1, -0.05) is 12.1 Å². The van der Waals surface area contributed by atoms with Crippen molar-refractivity contribution >= 4 is 11.9 Å². The van der Waals surface area contributed by atoms with Crippen LogP contribution in [0.2, 0.25) is 0 Å². The Morgan fingerprint density at radius 3 is 2.65 bits per heavy atom. The van der Waals surface area contributed by atoms with Crippen molar-refractivity contribution in [2.45, 2.75) is 44.4 Å². The summed E-state index contributed by atoms with van der Waals surface area (Å²) in [5.74, 6) is -0.496. The van der Waals surface area contributed by atoms with E-state index in [9.17, 15) is 9.59 Å². The van der Waals surface area contributed by atoms with Gasteiger partial charge in [0.15, 0.2) is 6.61 Å². The Bertz CT molecular complexity index is 585. The Balaban J connectivity index is 1.54. The van der Waals surface area contributed by atoms with Crippen LogP contribution in [0.3, 0.4) is 0 Å². The Morgan fingerprint density at radius 1 is 1.35 bits per heavy atom. The van der Waals surface area contributed by atoms with Crippen LogP contribution in [0.5, 0.6) is 5.75 Å². The number of carbonyl (C=O) groups excluding carboxylic acids is 1. The highest BCUT2D eigenvalue weighted by Crippen LogP contribution is 2.39. The molecule has 3 rings (SSSR count). The van der Waals surface area contributed by atoms with E-state index in [0.717, 1.165) is 24.8 Å². The number of benzene rings is 1. The molecule has 2 fully saturated rings. The second-order valence-corrected chi connectivity index (χ2v) is 6.20. The summed E-state index contributed by atoms with van der Waals surface area (Å²) in [4.78, 5) is 22.8. The van der Waals surface area contributed by atoms with E-state index in [-0.39, 0.29) is 36.7 Å². The van der Waals surface area contributed by atoms with Crippen molar-refractivity contribution in [2.75, 3.05) is 6.61 Å². The van der Waals surface area contributed by atoms with Gasteiger partial charge in [-0.15, -0.1) is 0 Å². The van der Waals surface area contributed by atoms with Crippen molar-refractivity contribution in [1.82, 2.24) is 5.32 Å². The fourth-order valence-corrected chi connectivity index (χ4v) is 3.32. The average Bonchev–Trinajstić information content (AvgIpc) is 3.16. The molecule has 0 spiro atoms. The standard InChI is InChI=1S/C17H21NO5/c1-10(11-2-4-12(5-3-11)22-9-16(19)20)18-17(21)14-8-13-6-7-15(14)23-13/h2-5,10,13-15H,6-9H2,1H3,(H,18,21)(H,19,20)/t10-,13-,14-,15-/m1/s1. The highest BCUT2D eigenvalue weighted by atomic mass is 16.5. The molecule has 23 heavy (non-hydrogen) atoms. The lowest BCUT2D eigenvalue weighted by Crippen LogP contribution is -2.37. The van der Waals surface area contributed by atoms with Crippen molar-refractivity contribution < 1.29 is 24.2 Å². The van der Waals surface area contributed by atoms with Crippen LogP contribution in [-0.4, -0.2) is 35.8 Å². The van der Waals surface area contributed by atoms with Crippen LogP contribution >= 0.6 is 0 Å². The number of hydrogen-bond acceptors (Lipinski definition) is 4. The van der Waals surface area contributed by atoms with E-state index in [1.54, 1.807) is 12.1 Å². The lowest BCUT2D eigenvalue weighted by molar-refractivity contribution is -0.139. The van der Waals surface area contributed by atoms with Gasteiger partial charge in [0, 0.05) is 0 Å². The van der Waals surface area contributed by atoms with Crippen molar-refractivity contribution in [3.8, 4) is 5.75 Å². The normalized spacial score (nSPS) is 26.7. The number of fused-ring (bicyclic) bond motifs is 2. The molecule has 1 aromatic carbocycles. The second-order valence-electron chi connectivity index (χ2n) is 6.20. The number of hydrogen-bond donors (Lipinski definition) is 2. The van der Waals surface area contributed by atoms with Crippen LogP contribution < -0.4 is 10.1 Å². The molecule has 2 saturated heterocycles. The smallest absolute Gasteiger partial charge is 0.341 e. The van der Waals surface area contributed by atoms with E-state index >= 15 is 0 Å². The van der Waals surface area contributed by atoms with Crippen LogP contribution in [0, 0.1) is 5.92 Å². The molecule has 2 heterocycles. The fraction of sp³-hybridized carbons (Fsp3) is 0.529. The minimum Gasteiger partial charge on any atom is -0.482 e. The van der Waals surface area contributed by atoms with Gasteiger partial charge in [-0.25, -0.2) is 4.79 Å². The van der Waals surface area contributed by atoms with Gasteiger partial charge < -0.3 is 19.9 Å². The fourth-order valence-electron chi connectivity index (χ4n) is 3.32. The minimum atomic E-state index is -1.01. The zero-order chi connectivity index (χ0) is 16.4. The first-order chi connectivity index (χ1) is 11.0. The zero-order valence-corrected chi connectivity index (χ0v) is 13.0. The second kappa shape index (κ2) is 6.58. The van der Waals surface area contributed by atoms with Crippen LogP contribution in [-0.2, 0) is 14.3 Å². The van der Waals surface area contributed by atoms with Gasteiger partial charge in [-0.3, -0.25) is 4.79 Å². The van der Waals surface area contributed by atoms with Crippen LogP contribution in [0.25, 0.3) is 0 Å². The number of amides is 1. The molecule has 0 aliphatic carbocycles. The van der Waals surface area contributed by atoms with E-state index < -0.39 is 5.97 Å². The highest BCUT2D eigenvalue weighted by molar-refractivity contribution is 5.80. The van der Waals surface area contributed by atoms with E-state index in [4.69, 9.17) is 14.6 Å². The molecule has 2 bridgehead atoms. The number of carboxylic acid groups (broad SMARTS) is 1. The summed E-state index contributed by atoms with van der Waals surface area (Å²) in [7, 11) is 0. The molecular formula is C17H21NO5. The number of aliphatic carboxylic acids is 1. The average molecular weight is 319 g/mol. The van der Waals surface area contributed by atoms with Crippen molar-refractivity contribution in [3.63, 3.8) is 0 Å². The van der Waals surface area contributed by atoms with Gasteiger partial charge in [0.25, 0.3) is 0 Å². The maximum absolute atomic E-state index is 12.4. The Morgan fingerprint density at radius 2 is 2.09 bits per heavy atom. The van der Waals surface area contributed by atoms with Crippen molar-refractivity contribution in [2.24, 2.45) is 5.92 Å². The van der Waals surface area contributed by atoms with Crippen LogP contribution in [0.15, 0.2) is 24.3 Å². The van der Waals surface area contributed by atoms with Gasteiger partial charge >= 0.3 is 5.97 Å². The van der Waals surface area contributed by atoms with Gasteiger partial charge in [0.05, 0.1) is 24.2 Å². The number of nitrogens with one attached hydrogen (secondary N) is 1. The number of ether oxygens (including phenoxy) is 2. The lowest BCUT2D eigenvalue weighted by atomic mass is 9.88. The molecule has 0 saturated carbocycles. The van der Waals surface area contributed by atoms with Gasteiger partial charge in [0.1, 0.15) is 5.75 Å². The van der Waals surface area contributed by atoms with E-state index in [0.29, 0.717) is 5.75 Å². The van der Waals surface area contributed by atoms with Crippen molar-refractivity contribution in [3.05, 3.63) is 29.8 Å². The van der Waals surface area contributed by atoms with E-state index in [2.05, 4.69) is 5.32 Å². The topological polar surface area (TPSA) is 84.9 Å². The maximum atomic E-state index is 12.4. The van der Waals surface area contributed by atoms with Gasteiger partial charge in [0.2, 0.25) is 5.91 Å². The molecule has 1 aromatic rings. The molecule has 0 radical (unpaired) electrons. The summed E-state index contributed by atoms with van der Waals surface area (Å²) in [6, 6.07) is 6.97. The SMILES string of the molecule is C[C@@H](NC(=O)[C@@H]1C[C@H]2CC[C@H]1O2)c1ccc(OCC(=O)O)cc1. The Kier molecular flexibility index (Phi) is 4.52. The van der Waals surface area contributed by atoms with Gasteiger partial charge in [-0.05, 0) is 43.9 Å². The lowest BCUT2D eigenvalue weighted by Gasteiger charge is -2.21. The predicted molar refractivity (Wildman–Crippen MR) is 82.1 cm³/mol. The number of carboxylic acids is 1. The molecular weight excluding hydrogens is 298 g/mol.